The predicted molar refractivity (Wildman–Crippen MR) is 217 cm³/mol. The highest BCUT2D eigenvalue weighted by Gasteiger charge is 2.28. The van der Waals surface area contributed by atoms with Crippen molar-refractivity contribution in [2.75, 3.05) is 19.8 Å². The number of phosphoric acid groups is 1. The van der Waals surface area contributed by atoms with Crippen molar-refractivity contribution in [3.8, 4) is 0 Å². The van der Waals surface area contributed by atoms with Gasteiger partial charge >= 0.3 is 25.7 Å². The molecule has 0 aliphatic carbocycles. The summed E-state index contributed by atoms with van der Waals surface area (Å²) in [4.78, 5) is 45.7. The lowest BCUT2D eigenvalue weighted by molar-refractivity contribution is -0.161. The van der Waals surface area contributed by atoms with Crippen molar-refractivity contribution in [3.63, 3.8) is 0 Å². The van der Waals surface area contributed by atoms with Crippen LogP contribution in [0.5, 0.6) is 0 Å². The quantitative estimate of drug-likeness (QED) is 0.0239. The van der Waals surface area contributed by atoms with Gasteiger partial charge in [0.2, 0.25) is 0 Å². The largest absolute Gasteiger partial charge is 0.480 e. The van der Waals surface area contributed by atoms with Crippen molar-refractivity contribution in [3.05, 3.63) is 72.9 Å². The molecule has 0 aromatic carbocycles. The lowest BCUT2D eigenvalue weighted by atomic mass is 10.1. The fourth-order valence-corrected chi connectivity index (χ4v) is 5.63. The fourth-order valence-electron chi connectivity index (χ4n) is 4.85. The van der Waals surface area contributed by atoms with Crippen LogP contribution in [0.3, 0.4) is 0 Å². The first-order valence-corrected chi connectivity index (χ1v) is 21.5. The zero-order valence-corrected chi connectivity index (χ0v) is 33.9. The van der Waals surface area contributed by atoms with E-state index in [1.807, 2.05) is 18.2 Å². The average Bonchev–Trinajstić information content (AvgIpc) is 3.14. The highest BCUT2D eigenvalue weighted by Crippen LogP contribution is 2.43. The van der Waals surface area contributed by atoms with Crippen LogP contribution in [0.15, 0.2) is 72.9 Å². The Hall–Kier alpha value is -3.08. The molecule has 0 aromatic rings. The maximum atomic E-state index is 12.6. The predicted octanol–water partition coefficient (Wildman–Crippen LogP) is 10.2. The Kier molecular flexibility index (Phi) is 34.8. The minimum absolute atomic E-state index is 0.0338. The molecule has 0 saturated heterocycles. The molecule has 0 aliphatic rings. The Labute approximate surface area is 325 Å². The number of esters is 2. The molecule has 308 valence electrons. The number of carboxylic acid groups (broad SMARTS) is 1. The van der Waals surface area contributed by atoms with E-state index in [9.17, 15) is 23.8 Å². The lowest BCUT2D eigenvalue weighted by Crippen LogP contribution is -2.34. The summed E-state index contributed by atoms with van der Waals surface area (Å²) in [5.41, 5.74) is 5.31. The van der Waals surface area contributed by atoms with Crippen molar-refractivity contribution in [2.24, 2.45) is 5.73 Å². The lowest BCUT2D eigenvalue weighted by Gasteiger charge is -2.20. The summed E-state index contributed by atoms with van der Waals surface area (Å²) in [7, 11) is -4.73. The second-order valence-corrected chi connectivity index (χ2v) is 14.5. The number of carbonyl (C=O) groups excluding carboxylic acids is 2. The third-order valence-electron chi connectivity index (χ3n) is 7.98. The van der Waals surface area contributed by atoms with Crippen LogP contribution in [0.4, 0.5) is 0 Å². The van der Waals surface area contributed by atoms with E-state index in [4.69, 9.17) is 24.8 Å². The van der Waals surface area contributed by atoms with Gasteiger partial charge in [0.15, 0.2) is 6.10 Å². The van der Waals surface area contributed by atoms with Crippen LogP contribution in [0.25, 0.3) is 0 Å². The van der Waals surface area contributed by atoms with Gasteiger partial charge < -0.3 is 25.2 Å². The summed E-state index contributed by atoms with van der Waals surface area (Å²) < 4.78 is 32.5. The number of allylic oxidation sites excluding steroid dienone is 12. The molecule has 0 saturated carbocycles. The minimum atomic E-state index is -4.73. The highest BCUT2D eigenvalue weighted by molar-refractivity contribution is 7.47. The van der Waals surface area contributed by atoms with Gasteiger partial charge in [-0.2, -0.15) is 0 Å². The Balaban J connectivity index is 4.56. The molecule has 11 nitrogen and oxygen atoms in total. The van der Waals surface area contributed by atoms with Gasteiger partial charge in [-0.3, -0.25) is 23.4 Å². The van der Waals surface area contributed by atoms with Gasteiger partial charge in [0, 0.05) is 12.8 Å². The Bertz CT molecular complexity index is 1190. The molecule has 3 atom stereocenters. The molecule has 4 N–H and O–H groups in total. The Morgan fingerprint density at radius 1 is 0.593 bits per heavy atom. The van der Waals surface area contributed by atoms with Gasteiger partial charge in [0.1, 0.15) is 12.6 Å². The first-order chi connectivity index (χ1) is 26.1. The van der Waals surface area contributed by atoms with Crippen molar-refractivity contribution in [1.82, 2.24) is 0 Å². The zero-order valence-electron chi connectivity index (χ0n) is 33.0. The van der Waals surface area contributed by atoms with Crippen LogP contribution in [0.2, 0.25) is 0 Å². The molecule has 54 heavy (non-hydrogen) atoms. The minimum Gasteiger partial charge on any atom is -0.480 e. The van der Waals surface area contributed by atoms with E-state index in [1.54, 1.807) is 0 Å². The molecule has 0 spiro atoms. The molecular formula is C42H70NO10P. The summed E-state index contributed by atoms with van der Waals surface area (Å²) in [5.74, 6) is -2.50. The zero-order chi connectivity index (χ0) is 40.0. The summed E-state index contributed by atoms with van der Waals surface area (Å²) in [6, 6.07) is -1.53. The molecule has 0 rings (SSSR count). The molecule has 0 aromatic heterocycles. The van der Waals surface area contributed by atoms with Crippen LogP contribution in [-0.2, 0) is 37.5 Å². The maximum Gasteiger partial charge on any atom is 0.472 e. The number of phosphoric ester groups is 1. The molecule has 0 amide bonds. The van der Waals surface area contributed by atoms with Crippen molar-refractivity contribution < 1.29 is 47.5 Å². The molecule has 0 aliphatic heterocycles. The molecule has 12 heteroatoms. The molecule has 0 radical (unpaired) electrons. The van der Waals surface area contributed by atoms with E-state index < -0.39 is 51.1 Å². The summed E-state index contributed by atoms with van der Waals surface area (Å²) in [6.07, 6.45) is 42.7. The fraction of sp³-hybridized carbons (Fsp3) is 0.643. The van der Waals surface area contributed by atoms with Crippen LogP contribution in [0.1, 0.15) is 142 Å². The number of hydrogen-bond acceptors (Lipinski definition) is 9. The molecule has 0 fully saturated rings. The Morgan fingerprint density at radius 2 is 1.04 bits per heavy atom. The van der Waals surface area contributed by atoms with Crippen LogP contribution < -0.4 is 5.73 Å². The number of nitrogens with two attached hydrogens (primary N) is 1. The molecular weight excluding hydrogens is 709 g/mol. The van der Waals surface area contributed by atoms with Crippen molar-refractivity contribution >= 4 is 25.7 Å². The van der Waals surface area contributed by atoms with E-state index in [1.165, 1.54) is 44.9 Å². The van der Waals surface area contributed by atoms with E-state index in [2.05, 4.69) is 73.1 Å². The van der Waals surface area contributed by atoms with Crippen LogP contribution in [0, 0.1) is 0 Å². The summed E-state index contributed by atoms with van der Waals surface area (Å²) >= 11 is 0. The van der Waals surface area contributed by atoms with Gasteiger partial charge in [-0.15, -0.1) is 0 Å². The van der Waals surface area contributed by atoms with Gasteiger partial charge in [-0.25, -0.2) is 4.57 Å². The van der Waals surface area contributed by atoms with E-state index in [0.29, 0.717) is 19.3 Å². The average molecular weight is 780 g/mol. The Morgan fingerprint density at radius 3 is 1.52 bits per heavy atom. The van der Waals surface area contributed by atoms with Crippen LogP contribution >= 0.6 is 7.82 Å². The number of unbranched alkanes of at least 4 members (excludes halogenated alkanes) is 10. The van der Waals surface area contributed by atoms with Gasteiger partial charge in [-0.05, 0) is 51.4 Å². The third-order valence-corrected chi connectivity index (χ3v) is 8.93. The number of hydrogen-bond donors (Lipinski definition) is 3. The third kappa shape index (κ3) is 35.9. The normalized spacial score (nSPS) is 14.6. The SMILES string of the molecule is CC/C=C\C/C=C\C/C=C\C/C=C\C/C=C\C/C=C\CCC(=O)O[C@H](COC(=O)CCCCCCCCCCCCC)COP(=O)(O)OC[C@H](N)C(=O)O. The topological polar surface area (TPSA) is 172 Å². The highest BCUT2D eigenvalue weighted by atomic mass is 31.2. The number of aliphatic carboxylic acids is 1. The smallest absolute Gasteiger partial charge is 0.472 e. The monoisotopic (exact) mass is 779 g/mol. The second-order valence-electron chi connectivity index (χ2n) is 13.0. The first-order valence-electron chi connectivity index (χ1n) is 20.0. The van der Waals surface area contributed by atoms with E-state index in [0.717, 1.165) is 51.4 Å². The maximum absolute atomic E-state index is 12.6. The number of rotatable bonds is 36. The first kappa shape index (κ1) is 50.9. The molecule has 0 bridgehead atoms. The van der Waals surface area contributed by atoms with E-state index >= 15 is 0 Å². The second kappa shape index (κ2) is 36.9. The van der Waals surface area contributed by atoms with Gasteiger partial charge in [0.25, 0.3) is 0 Å². The molecule has 1 unspecified atom stereocenters. The molecule has 0 heterocycles. The summed E-state index contributed by atoms with van der Waals surface area (Å²) in [6.45, 7) is 2.58. The number of ether oxygens (including phenoxy) is 2. The van der Waals surface area contributed by atoms with Gasteiger partial charge in [-0.1, -0.05) is 151 Å². The van der Waals surface area contributed by atoms with Crippen molar-refractivity contribution in [2.45, 2.75) is 154 Å². The van der Waals surface area contributed by atoms with Crippen LogP contribution in [-0.4, -0.2) is 59.9 Å². The van der Waals surface area contributed by atoms with Gasteiger partial charge in [0.05, 0.1) is 13.2 Å². The van der Waals surface area contributed by atoms with Crippen molar-refractivity contribution in [1.29, 1.82) is 0 Å². The standard InChI is InChI=1S/C42H70NO10P/c1-3-5-7-9-11-13-15-16-17-18-19-20-21-22-24-26-28-30-32-34-41(45)53-38(36-51-54(48,49)52-37-39(43)42(46)47)35-50-40(44)33-31-29-27-25-23-14-12-10-8-6-4-2/h5,7,11,13,16-17,19-20,22,24,28,30,38-39H,3-4,6,8-10,12,14-15,18,21,23,25-27,29,31-37,43H2,1-2H3,(H,46,47)(H,48,49)/b7-5-,13-11-,17-16-,20-19-,24-22-,30-28-/t38-,39+/m1/s1. The summed E-state index contributed by atoms with van der Waals surface area (Å²) in [5, 5.41) is 8.86. The number of carboxylic acids is 1. The number of carbonyl (C=O) groups is 3. The van der Waals surface area contributed by atoms with E-state index in [-0.39, 0.29) is 19.4 Å².